The van der Waals surface area contributed by atoms with E-state index in [1.807, 2.05) is 17.5 Å². The second-order valence-corrected chi connectivity index (χ2v) is 5.31. The Kier molecular flexibility index (Phi) is 3.67. The van der Waals surface area contributed by atoms with E-state index in [-0.39, 0.29) is 0 Å². The Hall–Kier alpha value is -1.51. The zero-order chi connectivity index (χ0) is 12.3. The predicted molar refractivity (Wildman–Crippen MR) is 74.9 cm³/mol. The lowest BCUT2D eigenvalue weighted by Gasteiger charge is -2.08. The van der Waals surface area contributed by atoms with E-state index in [4.69, 9.17) is 11.0 Å². The first kappa shape index (κ1) is 12.0. The van der Waals surface area contributed by atoms with Gasteiger partial charge in [-0.15, -0.1) is 11.3 Å². The van der Waals surface area contributed by atoms with Gasteiger partial charge in [0.15, 0.2) is 0 Å². The normalized spacial score (nSPS) is 9.88. The molecule has 0 saturated heterocycles. The number of hydrogen-bond donors (Lipinski definition) is 2. The molecule has 0 bridgehead atoms. The van der Waals surface area contributed by atoms with Crippen molar-refractivity contribution in [3.05, 3.63) is 44.6 Å². The molecule has 0 unspecified atom stereocenters. The van der Waals surface area contributed by atoms with Crippen molar-refractivity contribution in [1.82, 2.24) is 0 Å². The maximum atomic E-state index is 8.76. The Morgan fingerprint density at radius 1 is 1.41 bits per heavy atom. The second-order valence-electron chi connectivity index (χ2n) is 3.46. The van der Waals surface area contributed by atoms with Gasteiger partial charge in [-0.2, -0.15) is 5.26 Å². The third kappa shape index (κ3) is 2.78. The van der Waals surface area contributed by atoms with Gasteiger partial charge in [0.25, 0.3) is 0 Å². The van der Waals surface area contributed by atoms with Crippen molar-refractivity contribution < 1.29 is 0 Å². The molecule has 1 aromatic carbocycles. The molecule has 2 rings (SSSR count). The summed E-state index contributed by atoms with van der Waals surface area (Å²) in [6.07, 6.45) is 0. The Morgan fingerprint density at radius 3 is 2.82 bits per heavy atom. The topological polar surface area (TPSA) is 61.8 Å². The first-order valence-corrected chi connectivity index (χ1v) is 6.63. The maximum Gasteiger partial charge on any atom is 0.0992 e. The number of nitrogen functional groups attached to an aromatic ring is 1. The first-order valence-electron chi connectivity index (χ1n) is 4.96. The Bertz CT molecular complexity index is 571. The van der Waals surface area contributed by atoms with Gasteiger partial charge in [-0.3, -0.25) is 0 Å². The van der Waals surface area contributed by atoms with Crippen molar-refractivity contribution in [2.75, 3.05) is 11.1 Å². The summed E-state index contributed by atoms with van der Waals surface area (Å²) in [6.45, 7) is 0.688. The molecule has 17 heavy (non-hydrogen) atoms. The molecular weight excluding hydrogens is 298 g/mol. The highest BCUT2D eigenvalue weighted by atomic mass is 79.9. The molecular formula is C12H10BrN3S. The molecule has 0 radical (unpaired) electrons. The van der Waals surface area contributed by atoms with Gasteiger partial charge in [-0.25, -0.2) is 0 Å². The molecule has 0 spiro atoms. The third-order valence-electron chi connectivity index (χ3n) is 2.32. The van der Waals surface area contributed by atoms with E-state index >= 15 is 0 Å². The number of nitrogens with two attached hydrogens (primary N) is 1. The molecule has 2 aromatic rings. The van der Waals surface area contributed by atoms with Crippen LogP contribution in [-0.2, 0) is 6.54 Å². The van der Waals surface area contributed by atoms with Crippen molar-refractivity contribution >= 4 is 38.6 Å². The van der Waals surface area contributed by atoms with Crippen molar-refractivity contribution in [2.24, 2.45) is 0 Å². The molecule has 3 nitrogen and oxygen atoms in total. The summed E-state index contributed by atoms with van der Waals surface area (Å²) in [4.78, 5) is 1.11. The van der Waals surface area contributed by atoms with Crippen LogP contribution in [0.4, 0.5) is 11.4 Å². The van der Waals surface area contributed by atoms with Crippen LogP contribution in [0.3, 0.4) is 0 Å². The summed E-state index contributed by atoms with van der Waals surface area (Å²) < 4.78 is 0.881. The van der Waals surface area contributed by atoms with E-state index in [2.05, 4.69) is 27.3 Å². The molecule has 0 aliphatic carbocycles. The number of nitrogens with zero attached hydrogens (tertiary/aromatic N) is 1. The number of hydrogen-bond acceptors (Lipinski definition) is 4. The van der Waals surface area contributed by atoms with Gasteiger partial charge in [0.1, 0.15) is 0 Å². The molecule has 0 amide bonds. The zero-order valence-corrected chi connectivity index (χ0v) is 11.3. The fourth-order valence-electron chi connectivity index (χ4n) is 1.40. The fraction of sp³-hybridized carbons (Fsp3) is 0.0833. The zero-order valence-electron chi connectivity index (χ0n) is 8.90. The van der Waals surface area contributed by atoms with Crippen molar-refractivity contribution in [1.29, 1.82) is 5.26 Å². The minimum Gasteiger partial charge on any atom is -0.398 e. The maximum absolute atomic E-state index is 8.76. The summed E-state index contributed by atoms with van der Waals surface area (Å²) in [5, 5.41) is 14.0. The van der Waals surface area contributed by atoms with Crippen LogP contribution in [0.2, 0.25) is 0 Å². The third-order valence-corrected chi connectivity index (χ3v) is 3.91. The van der Waals surface area contributed by atoms with E-state index in [0.717, 1.165) is 20.7 Å². The van der Waals surface area contributed by atoms with Crippen LogP contribution in [0.25, 0.3) is 0 Å². The molecule has 3 N–H and O–H groups in total. The summed E-state index contributed by atoms with van der Waals surface area (Å²) in [6, 6.07) is 9.45. The van der Waals surface area contributed by atoms with Crippen LogP contribution in [0, 0.1) is 11.3 Å². The average molecular weight is 308 g/mol. The second kappa shape index (κ2) is 5.21. The Balaban J connectivity index is 2.10. The quantitative estimate of drug-likeness (QED) is 0.911. The number of anilines is 2. The van der Waals surface area contributed by atoms with Crippen LogP contribution in [0.1, 0.15) is 10.4 Å². The van der Waals surface area contributed by atoms with Gasteiger partial charge < -0.3 is 11.1 Å². The standard InChI is InChI=1S/C12H10BrN3S/c13-9-5-8(6-14)1-2-11(9)16-7-12-10(15)3-4-17-12/h1-5,16H,7,15H2. The van der Waals surface area contributed by atoms with Gasteiger partial charge in [-0.1, -0.05) is 0 Å². The predicted octanol–water partition coefficient (Wildman–Crippen LogP) is 3.58. The number of thiophene rings is 1. The van der Waals surface area contributed by atoms with Crippen molar-refractivity contribution in [3.8, 4) is 6.07 Å². The summed E-state index contributed by atoms with van der Waals surface area (Å²) >= 11 is 5.06. The number of nitriles is 1. The van der Waals surface area contributed by atoms with Gasteiger partial charge in [0, 0.05) is 20.7 Å². The Morgan fingerprint density at radius 2 is 2.24 bits per heavy atom. The fourth-order valence-corrected chi connectivity index (χ4v) is 2.66. The summed E-state index contributed by atoms with van der Waals surface area (Å²) in [5.74, 6) is 0. The van der Waals surface area contributed by atoms with Crippen LogP contribution >= 0.6 is 27.3 Å². The lowest BCUT2D eigenvalue weighted by molar-refractivity contribution is 1.19. The lowest BCUT2D eigenvalue weighted by atomic mass is 10.2. The van der Waals surface area contributed by atoms with Crippen LogP contribution < -0.4 is 11.1 Å². The first-order chi connectivity index (χ1) is 8.20. The highest BCUT2D eigenvalue weighted by molar-refractivity contribution is 9.10. The van der Waals surface area contributed by atoms with E-state index in [0.29, 0.717) is 12.1 Å². The van der Waals surface area contributed by atoms with E-state index < -0.39 is 0 Å². The molecule has 1 aromatic heterocycles. The van der Waals surface area contributed by atoms with Gasteiger partial charge in [0.05, 0.1) is 18.2 Å². The summed E-state index contributed by atoms with van der Waals surface area (Å²) in [5.41, 5.74) is 8.21. The molecule has 0 fully saturated rings. The molecule has 5 heteroatoms. The van der Waals surface area contributed by atoms with Crippen molar-refractivity contribution in [3.63, 3.8) is 0 Å². The van der Waals surface area contributed by atoms with E-state index in [9.17, 15) is 0 Å². The van der Waals surface area contributed by atoms with Crippen LogP contribution in [0.15, 0.2) is 34.1 Å². The van der Waals surface area contributed by atoms with Crippen molar-refractivity contribution in [2.45, 2.75) is 6.54 Å². The molecule has 0 aliphatic heterocycles. The molecule has 0 aliphatic rings. The number of benzene rings is 1. The van der Waals surface area contributed by atoms with Crippen LogP contribution in [-0.4, -0.2) is 0 Å². The highest BCUT2D eigenvalue weighted by Crippen LogP contribution is 2.26. The largest absolute Gasteiger partial charge is 0.398 e. The van der Waals surface area contributed by atoms with Crippen LogP contribution in [0.5, 0.6) is 0 Å². The number of rotatable bonds is 3. The molecule has 0 atom stereocenters. The molecule has 1 heterocycles. The average Bonchev–Trinajstić information content (AvgIpc) is 2.73. The minimum atomic E-state index is 0.637. The lowest BCUT2D eigenvalue weighted by Crippen LogP contribution is -2.00. The monoisotopic (exact) mass is 307 g/mol. The van der Waals surface area contributed by atoms with E-state index in [1.165, 1.54) is 0 Å². The van der Waals surface area contributed by atoms with E-state index in [1.54, 1.807) is 23.5 Å². The Labute approximate surface area is 112 Å². The SMILES string of the molecule is N#Cc1ccc(NCc2sccc2N)c(Br)c1. The smallest absolute Gasteiger partial charge is 0.0992 e. The van der Waals surface area contributed by atoms with Gasteiger partial charge in [-0.05, 0) is 45.6 Å². The molecule has 86 valence electrons. The van der Waals surface area contributed by atoms with Gasteiger partial charge >= 0.3 is 0 Å². The highest BCUT2D eigenvalue weighted by Gasteiger charge is 2.03. The number of halogens is 1. The molecule has 0 saturated carbocycles. The van der Waals surface area contributed by atoms with Gasteiger partial charge in [0.2, 0.25) is 0 Å². The summed E-state index contributed by atoms with van der Waals surface area (Å²) in [7, 11) is 0. The minimum absolute atomic E-state index is 0.637. The number of nitrogens with one attached hydrogen (secondary N) is 1.